The van der Waals surface area contributed by atoms with Crippen LogP contribution in [0, 0.1) is 5.41 Å². The predicted octanol–water partition coefficient (Wildman–Crippen LogP) is 1.51. The first-order chi connectivity index (χ1) is 9.81. The fourth-order valence-electron chi connectivity index (χ4n) is 1.99. The highest BCUT2D eigenvalue weighted by Crippen LogP contribution is 2.09. The Morgan fingerprint density at radius 1 is 0.650 bits per heavy atom. The smallest absolute Gasteiger partial charge is 0.263 e. The molecule has 7 nitrogen and oxygen atoms in total. The molecule has 4 rings (SSSR count). The zero-order valence-corrected chi connectivity index (χ0v) is 10.3. The molecule has 0 fully saturated rings. The van der Waals surface area contributed by atoms with Crippen molar-refractivity contribution < 1.29 is 0 Å². The first kappa shape index (κ1) is 10.8. The molecule has 0 saturated carbocycles. The van der Waals surface area contributed by atoms with Gasteiger partial charge in [0.2, 0.25) is 0 Å². The van der Waals surface area contributed by atoms with Gasteiger partial charge in [0, 0.05) is 0 Å². The van der Waals surface area contributed by atoms with E-state index in [1.54, 1.807) is 0 Å². The Morgan fingerprint density at radius 2 is 0.950 bits per heavy atom. The molecule has 20 heavy (non-hydrogen) atoms. The molecular formula is C13H9N7. The van der Waals surface area contributed by atoms with Crippen molar-refractivity contribution in [3.8, 4) is 0 Å². The highest BCUT2D eigenvalue weighted by Gasteiger charge is 2.11. The van der Waals surface area contributed by atoms with Gasteiger partial charge in [0.25, 0.3) is 5.96 Å². The lowest BCUT2D eigenvalue weighted by atomic mass is 10.3. The van der Waals surface area contributed by atoms with E-state index in [-0.39, 0.29) is 5.96 Å². The van der Waals surface area contributed by atoms with Crippen LogP contribution in [0.2, 0.25) is 0 Å². The molecule has 0 atom stereocenters. The molecular weight excluding hydrogens is 254 g/mol. The Labute approximate surface area is 112 Å². The second-order valence-corrected chi connectivity index (χ2v) is 4.28. The maximum absolute atomic E-state index is 8.11. The lowest BCUT2D eigenvalue weighted by Crippen LogP contribution is -2.25. The van der Waals surface area contributed by atoms with E-state index in [0.717, 1.165) is 22.1 Å². The van der Waals surface area contributed by atoms with Crippen molar-refractivity contribution in [3.63, 3.8) is 0 Å². The number of aromatic nitrogens is 6. The van der Waals surface area contributed by atoms with Gasteiger partial charge in [-0.3, -0.25) is 5.41 Å². The van der Waals surface area contributed by atoms with Crippen LogP contribution in [-0.2, 0) is 0 Å². The van der Waals surface area contributed by atoms with Crippen molar-refractivity contribution in [1.82, 2.24) is 30.0 Å². The maximum Gasteiger partial charge on any atom is 0.280 e. The molecule has 0 unspecified atom stereocenters. The fourth-order valence-corrected chi connectivity index (χ4v) is 1.99. The average molecular weight is 263 g/mol. The minimum absolute atomic E-state index is 0.0163. The van der Waals surface area contributed by atoms with Crippen molar-refractivity contribution in [3.05, 3.63) is 48.5 Å². The Morgan fingerprint density at radius 3 is 1.25 bits per heavy atom. The SMILES string of the molecule is N=C(n1nc2ccccc2n1)n1nc2ccccc2n1. The van der Waals surface area contributed by atoms with Gasteiger partial charge in [-0.2, -0.15) is 0 Å². The summed E-state index contributed by atoms with van der Waals surface area (Å²) in [5.74, 6) is -0.0163. The summed E-state index contributed by atoms with van der Waals surface area (Å²) in [6, 6.07) is 14.9. The van der Waals surface area contributed by atoms with Gasteiger partial charge in [-0.1, -0.05) is 24.3 Å². The van der Waals surface area contributed by atoms with Crippen molar-refractivity contribution >= 4 is 28.0 Å². The molecule has 4 aromatic rings. The van der Waals surface area contributed by atoms with Gasteiger partial charge < -0.3 is 0 Å². The number of rotatable bonds is 0. The quantitative estimate of drug-likeness (QED) is 0.385. The van der Waals surface area contributed by atoms with E-state index < -0.39 is 0 Å². The summed E-state index contributed by atoms with van der Waals surface area (Å²) in [4.78, 5) is 2.45. The predicted molar refractivity (Wildman–Crippen MR) is 73.6 cm³/mol. The third kappa shape index (κ3) is 1.57. The third-order valence-corrected chi connectivity index (χ3v) is 2.95. The number of hydrogen-bond acceptors (Lipinski definition) is 5. The van der Waals surface area contributed by atoms with Crippen LogP contribution in [0.5, 0.6) is 0 Å². The molecule has 2 aromatic heterocycles. The van der Waals surface area contributed by atoms with Crippen LogP contribution in [0.4, 0.5) is 0 Å². The van der Waals surface area contributed by atoms with E-state index in [0.29, 0.717) is 0 Å². The molecule has 96 valence electrons. The van der Waals surface area contributed by atoms with Crippen LogP contribution in [0.15, 0.2) is 48.5 Å². The van der Waals surface area contributed by atoms with Gasteiger partial charge in [0.15, 0.2) is 0 Å². The van der Waals surface area contributed by atoms with Crippen LogP contribution >= 0.6 is 0 Å². The molecule has 0 saturated heterocycles. The number of nitrogens with zero attached hydrogens (tertiary/aromatic N) is 6. The van der Waals surface area contributed by atoms with Gasteiger partial charge in [0.05, 0.1) is 0 Å². The van der Waals surface area contributed by atoms with Crippen LogP contribution in [-0.4, -0.2) is 35.9 Å². The van der Waals surface area contributed by atoms with E-state index in [1.165, 1.54) is 9.59 Å². The molecule has 0 spiro atoms. The first-order valence-electron chi connectivity index (χ1n) is 6.05. The Kier molecular flexibility index (Phi) is 2.13. The van der Waals surface area contributed by atoms with Gasteiger partial charge in [-0.25, -0.2) is 0 Å². The molecule has 0 bridgehead atoms. The normalized spacial score (nSPS) is 11.2. The zero-order chi connectivity index (χ0) is 13.5. The van der Waals surface area contributed by atoms with E-state index >= 15 is 0 Å². The second-order valence-electron chi connectivity index (χ2n) is 4.28. The standard InChI is InChI=1S/C13H9N7/c14-13(19-15-9-5-1-2-6-10(9)16-19)20-17-11-7-3-4-8-12(11)18-20/h1-8,14H. The summed E-state index contributed by atoms with van der Waals surface area (Å²) in [6.45, 7) is 0. The number of fused-ring (bicyclic) bond motifs is 2. The van der Waals surface area contributed by atoms with Crippen LogP contribution in [0.1, 0.15) is 0 Å². The molecule has 2 aromatic carbocycles. The Balaban J connectivity index is 1.82. The summed E-state index contributed by atoms with van der Waals surface area (Å²) in [5.41, 5.74) is 2.92. The van der Waals surface area contributed by atoms with Gasteiger partial charge >= 0.3 is 0 Å². The highest BCUT2D eigenvalue weighted by molar-refractivity contribution is 5.84. The van der Waals surface area contributed by atoms with Gasteiger partial charge in [-0.15, -0.1) is 30.0 Å². The average Bonchev–Trinajstić information content (AvgIpc) is 3.10. The van der Waals surface area contributed by atoms with Crippen LogP contribution in [0.3, 0.4) is 0 Å². The van der Waals surface area contributed by atoms with Crippen LogP contribution in [0.25, 0.3) is 22.1 Å². The summed E-state index contributed by atoms with van der Waals surface area (Å²) >= 11 is 0. The van der Waals surface area contributed by atoms with E-state index in [1.807, 2.05) is 48.5 Å². The molecule has 0 aliphatic rings. The summed E-state index contributed by atoms with van der Waals surface area (Å²) in [7, 11) is 0. The monoisotopic (exact) mass is 263 g/mol. The number of hydrogen-bond donors (Lipinski definition) is 1. The minimum atomic E-state index is -0.0163. The molecule has 1 N–H and O–H groups in total. The van der Waals surface area contributed by atoms with Crippen molar-refractivity contribution in [2.24, 2.45) is 0 Å². The molecule has 0 amide bonds. The molecule has 0 aliphatic carbocycles. The topological polar surface area (TPSA) is 85.3 Å². The van der Waals surface area contributed by atoms with Crippen LogP contribution < -0.4 is 0 Å². The van der Waals surface area contributed by atoms with Gasteiger partial charge in [-0.05, 0) is 24.3 Å². The zero-order valence-electron chi connectivity index (χ0n) is 10.3. The summed E-state index contributed by atoms with van der Waals surface area (Å²) in [5, 5.41) is 25.1. The lowest BCUT2D eigenvalue weighted by molar-refractivity contribution is 0.695. The molecule has 0 radical (unpaired) electrons. The number of nitrogens with one attached hydrogen (secondary N) is 1. The third-order valence-electron chi connectivity index (χ3n) is 2.95. The molecule has 2 heterocycles. The lowest BCUT2D eigenvalue weighted by Gasteiger charge is -1.98. The second kappa shape index (κ2) is 3.95. The minimum Gasteiger partial charge on any atom is -0.263 e. The summed E-state index contributed by atoms with van der Waals surface area (Å²) < 4.78 is 0. The first-order valence-corrected chi connectivity index (χ1v) is 6.05. The fraction of sp³-hybridized carbons (Fsp3) is 0. The van der Waals surface area contributed by atoms with E-state index in [4.69, 9.17) is 5.41 Å². The highest BCUT2D eigenvalue weighted by atomic mass is 15.6. The largest absolute Gasteiger partial charge is 0.280 e. The maximum atomic E-state index is 8.11. The molecule has 7 heteroatoms. The van der Waals surface area contributed by atoms with E-state index in [9.17, 15) is 0 Å². The Bertz CT molecular complexity index is 792. The van der Waals surface area contributed by atoms with Crippen molar-refractivity contribution in [2.75, 3.05) is 0 Å². The van der Waals surface area contributed by atoms with Crippen molar-refractivity contribution in [1.29, 1.82) is 5.41 Å². The van der Waals surface area contributed by atoms with E-state index in [2.05, 4.69) is 20.4 Å². The Hall–Kier alpha value is -3.09. The number of benzene rings is 2. The summed E-state index contributed by atoms with van der Waals surface area (Å²) in [6.07, 6.45) is 0. The van der Waals surface area contributed by atoms with Gasteiger partial charge in [0.1, 0.15) is 22.1 Å². The van der Waals surface area contributed by atoms with Crippen molar-refractivity contribution in [2.45, 2.75) is 0 Å². The molecule has 0 aliphatic heterocycles.